The highest BCUT2D eigenvalue weighted by Gasteiger charge is 2.35. The lowest BCUT2D eigenvalue weighted by molar-refractivity contribution is 0.159. The van der Waals surface area contributed by atoms with Crippen LogP contribution in [0.15, 0.2) is 123 Å². The minimum absolute atomic E-state index is 0.0411. The van der Waals surface area contributed by atoms with E-state index in [2.05, 4.69) is 97.2 Å². The SMILES string of the molecule is CCOc1ccc(-c2nc(-c3cccc4c3CCC4N3CC[C@@H](O)C3)no2)cc1OCC.CCOc1ccc(-c2nc(-c3cccc4c3CCC4NCCN(CC)CC)no2)cc1OCC.CCOc1ccc(-c2nc(-c3cccc4c3CCC4NCO)no2)cc1OCC. The molecule has 4 N–H and O–H groups in total. The second-order valence-corrected chi connectivity index (χ2v) is 23.5. The number of likely N-dealkylation sites (tertiary alicyclic amines) is 1. The summed E-state index contributed by atoms with van der Waals surface area (Å²) < 4.78 is 51.0. The number of fused-ring (bicyclic) bond motifs is 3. The van der Waals surface area contributed by atoms with E-state index in [0.717, 1.165) is 118 Å². The summed E-state index contributed by atoms with van der Waals surface area (Å²) in [5, 5.41) is 38.9. The first-order valence-corrected chi connectivity index (χ1v) is 33.9. The number of hydrogen-bond donors (Lipinski definition) is 4. The Morgan fingerprint density at radius 1 is 0.474 bits per heavy atom. The predicted octanol–water partition coefficient (Wildman–Crippen LogP) is 13.1. The zero-order valence-corrected chi connectivity index (χ0v) is 56.0. The van der Waals surface area contributed by atoms with Crippen molar-refractivity contribution in [1.29, 1.82) is 0 Å². The highest BCUT2D eigenvalue weighted by Crippen LogP contribution is 2.44. The molecular weight excluding hydrogens is 1200 g/mol. The molecule has 1 saturated heterocycles. The highest BCUT2D eigenvalue weighted by atomic mass is 16.5. The van der Waals surface area contributed by atoms with Gasteiger partial charge in [0, 0.05) is 77.7 Å². The molecule has 0 spiro atoms. The molecule has 0 amide bonds. The van der Waals surface area contributed by atoms with Crippen molar-refractivity contribution in [2.45, 2.75) is 125 Å². The minimum Gasteiger partial charge on any atom is -0.490 e. The Labute approximate surface area is 556 Å². The van der Waals surface area contributed by atoms with Crippen molar-refractivity contribution >= 4 is 0 Å². The molecular formula is C74H90N10O11. The number of benzene rings is 6. The monoisotopic (exact) mass is 1290 g/mol. The predicted molar refractivity (Wildman–Crippen MR) is 364 cm³/mol. The van der Waals surface area contributed by atoms with Crippen LogP contribution in [0.1, 0.15) is 133 Å². The highest BCUT2D eigenvalue weighted by molar-refractivity contribution is 5.70. The normalized spacial score (nSPS) is 17.0. The van der Waals surface area contributed by atoms with Crippen molar-refractivity contribution < 1.29 is 52.2 Å². The Hall–Kier alpha value is -8.70. The summed E-state index contributed by atoms with van der Waals surface area (Å²) >= 11 is 0. The summed E-state index contributed by atoms with van der Waals surface area (Å²) in [4.78, 5) is 18.9. The second kappa shape index (κ2) is 32.6. The van der Waals surface area contributed by atoms with Crippen molar-refractivity contribution in [3.63, 3.8) is 0 Å². The Bertz CT molecular complexity index is 3960. The number of nitrogens with zero attached hydrogens (tertiary/aromatic N) is 8. The van der Waals surface area contributed by atoms with E-state index in [9.17, 15) is 10.2 Å². The third-order valence-electron chi connectivity index (χ3n) is 17.8. The van der Waals surface area contributed by atoms with Crippen LogP contribution in [-0.4, -0.2) is 142 Å². The van der Waals surface area contributed by atoms with Gasteiger partial charge in [0.25, 0.3) is 17.7 Å². The first kappa shape index (κ1) is 67.7. The molecule has 21 heteroatoms. The number of aromatic nitrogens is 6. The molecule has 0 bridgehead atoms. The Morgan fingerprint density at radius 2 is 0.863 bits per heavy atom. The summed E-state index contributed by atoms with van der Waals surface area (Å²) in [5.41, 5.74) is 13.1. The smallest absolute Gasteiger partial charge is 0.258 e. The van der Waals surface area contributed by atoms with Gasteiger partial charge in [-0.1, -0.05) is 83.9 Å². The Kier molecular flexibility index (Phi) is 23.3. The van der Waals surface area contributed by atoms with Crippen LogP contribution >= 0.6 is 0 Å². The van der Waals surface area contributed by atoms with Crippen molar-refractivity contribution in [2.75, 3.05) is 85.6 Å². The number of nitrogens with one attached hydrogen (secondary N) is 2. The molecule has 3 aromatic heterocycles. The standard InChI is InChI=1S/C27H36N4O3.C25H29N3O4.C22H25N3O4/c1-5-31(6-2)17-16-28-23-14-13-20-21(23)10-9-11-22(20)26-29-27(34-30-26)19-12-15-24(32-7-3)25(18-19)33-8-4;1-3-30-22-11-8-16(14-23(22)31-4-2)25-26-24(27-32-25)20-7-5-6-19-18(20)9-10-21(19)28-13-12-17(29)15-28;1-3-27-19-11-8-14(12-20(19)28-4-2)22-24-21(25-29-22)17-7-5-6-16-15(17)9-10-18(16)23-13-26/h9-12,15,18,23,28H,5-8,13-14,16-17H2,1-4H3;5-8,11,14,17,21,29H,3-4,9-10,12-13,15H2,1-2H3;5-8,11-12,18,23,26H,3-4,9-10,13H2,1-2H3/t;17-,21?;/m.1./s1. The molecule has 1 aliphatic heterocycles. The van der Waals surface area contributed by atoms with E-state index in [1.807, 2.05) is 108 Å². The topological polar surface area (TPSA) is 243 Å². The average Bonchev–Trinajstić information content (AvgIpc) is 1.67. The summed E-state index contributed by atoms with van der Waals surface area (Å²) in [6.07, 6.45) is 6.62. The number of aliphatic hydroxyl groups excluding tert-OH is 2. The third-order valence-corrected chi connectivity index (χ3v) is 17.8. The molecule has 3 aliphatic carbocycles. The van der Waals surface area contributed by atoms with Gasteiger partial charge in [0.2, 0.25) is 17.5 Å². The fourth-order valence-corrected chi connectivity index (χ4v) is 13.4. The van der Waals surface area contributed by atoms with Crippen LogP contribution in [-0.2, 0) is 19.3 Å². The summed E-state index contributed by atoms with van der Waals surface area (Å²) in [5.74, 6) is 7.29. The number of aliphatic hydroxyl groups is 2. The van der Waals surface area contributed by atoms with E-state index in [1.54, 1.807) is 0 Å². The molecule has 95 heavy (non-hydrogen) atoms. The summed E-state index contributed by atoms with van der Waals surface area (Å²) in [7, 11) is 0. The Balaban J connectivity index is 0.000000145. The lowest BCUT2D eigenvalue weighted by Gasteiger charge is -2.24. The lowest BCUT2D eigenvalue weighted by Crippen LogP contribution is -2.33. The quantitative estimate of drug-likeness (QED) is 0.0350. The van der Waals surface area contributed by atoms with Gasteiger partial charge < -0.3 is 62.4 Å². The molecule has 4 atom stereocenters. The number of rotatable bonds is 27. The van der Waals surface area contributed by atoms with Crippen LogP contribution in [0.25, 0.3) is 68.5 Å². The minimum atomic E-state index is -0.210. The second-order valence-electron chi connectivity index (χ2n) is 23.5. The zero-order chi connectivity index (χ0) is 66.2. The first-order valence-electron chi connectivity index (χ1n) is 33.9. The van der Waals surface area contributed by atoms with Crippen molar-refractivity contribution in [2.24, 2.45) is 0 Å². The van der Waals surface area contributed by atoms with E-state index in [0.29, 0.717) is 121 Å². The lowest BCUT2D eigenvalue weighted by atomic mass is 10.0. The van der Waals surface area contributed by atoms with Crippen LogP contribution in [0.2, 0.25) is 0 Å². The fourth-order valence-electron chi connectivity index (χ4n) is 13.4. The van der Waals surface area contributed by atoms with Gasteiger partial charge in [-0.15, -0.1) is 0 Å². The summed E-state index contributed by atoms with van der Waals surface area (Å²) in [6, 6.07) is 36.7. The molecule has 0 radical (unpaired) electrons. The van der Waals surface area contributed by atoms with Gasteiger partial charge in [0.05, 0.1) is 52.5 Å². The van der Waals surface area contributed by atoms with Gasteiger partial charge in [0.1, 0.15) is 0 Å². The van der Waals surface area contributed by atoms with Gasteiger partial charge in [-0.3, -0.25) is 10.2 Å². The number of hydrogen-bond acceptors (Lipinski definition) is 21. The molecule has 4 heterocycles. The van der Waals surface area contributed by atoms with E-state index in [1.165, 1.54) is 33.4 Å². The molecule has 13 rings (SSSR count). The van der Waals surface area contributed by atoms with E-state index in [-0.39, 0.29) is 18.9 Å². The van der Waals surface area contributed by atoms with Crippen molar-refractivity contribution in [3.05, 3.63) is 143 Å². The van der Waals surface area contributed by atoms with E-state index in [4.69, 9.17) is 52.0 Å². The average molecular weight is 1300 g/mol. The van der Waals surface area contributed by atoms with Gasteiger partial charge in [-0.2, -0.15) is 15.0 Å². The molecule has 4 aliphatic rings. The zero-order valence-electron chi connectivity index (χ0n) is 56.0. The van der Waals surface area contributed by atoms with Gasteiger partial charge in [-0.25, -0.2) is 0 Å². The van der Waals surface area contributed by atoms with E-state index < -0.39 is 0 Å². The van der Waals surface area contributed by atoms with E-state index >= 15 is 0 Å². The fraction of sp³-hybridized carbons (Fsp3) is 0.432. The van der Waals surface area contributed by atoms with Crippen molar-refractivity contribution in [3.8, 4) is 103 Å². The molecule has 9 aromatic rings. The maximum atomic E-state index is 9.96. The molecule has 502 valence electrons. The maximum absolute atomic E-state index is 9.96. The molecule has 3 unspecified atom stereocenters. The molecule has 1 fully saturated rings. The largest absolute Gasteiger partial charge is 0.490 e. The van der Waals surface area contributed by atoms with Crippen LogP contribution in [0, 0.1) is 0 Å². The van der Waals surface area contributed by atoms with Gasteiger partial charge in [0.15, 0.2) is 34.5 Å². The number of β-amino-alcohol motifs (C(OH)–C–C–N with tert-alkyl or cyclic N) is 1. The van der Waals surface area contributed by atoms with Crippen molar-refractivity contribution in [1.82, 2.24) is 50.9 Å². The summed E-state index contributed by atoms with van der Waals surface area (Å²) in [6.45, 7) is 25.3. The molecule has 21 nitrogen and oxygen atoms in total. The van der Waals surface area contributed by atoms with Crippen LogP contribution < -0.4 is 39.1 Å². The van der Waals surface area contributed by atoms with Gasteiger partial charge >= 0.3 is 0 Å². The van der Waals surface area contributed by atoms with Crippen LogP contribution in [0.5, 0.6) is 34.5 Å². The van der Waals surface area contributed by atoms with Gasteiger partial charge in [-0.05, 0) is 188 Å². The Morgan fingerprint density at radius 3 is 1.25 bits per heavy atom. The third kappa shape index (κ3) is 15.7. The number of likely N-dealkylation sites (N-methyl/N-ethyl adjacent to an activating group) is 1. The molecule has 6 aromatic carbocycles. The van der Waals surface area contributed by atoms with Crippen LogP contribution in [0.4, 0.5) is 0 Å². The number of ether oxygens (including phenoxy) is 6. The van der Waals surface area contributed by atoms with Crippen LogP contribution in [0.3, 0.4) is 0 Å². The molecule has 0 saturated carbocycles. The first-order chi connectivity index (χ1) is 46.6. The maximum Gasteiger partial charge on any atom is 0.258 e.